The minimum absolute atomic E-state index is 0.189. The first-order valence-electron chi connectivity index (χ1n) is 7.71. The van der Waals surface area contributed by atoms with E-state index in [1.165, 1.54) is 0 Å². The van der Waals surface area contributed by atoms with E-state index in [1.807, 2.05) is 35.2 Å². The quantitative estimate of drug-likeness (QED) is 0.899. The van der Waals surface area contributed by atoms with Gasteiger partial charge in [-0.25, -0.2) is 0 Å². The molecule has 1 aromatic carbocycles. The van der Waals surface area contributed by atoms with Gasteiger partial charge < -0.3 is 15.0 Å². The maximum atomic E-state index is 12.3. The number of carbonyl (C=O) groups excluding carboxylic acids is 1. The van der Waals surface area contributed by atoms with Crippen LogP contribution in [0.4, 0.5) is 5.69 Å². The van der Waals surface area contributed by atoms with Gasteiger partial charge >= 0.3 is 0 Å². The van der Waals surface area contributed by atoms with Crippen molar-refractivity contribution in [3.63, 3.8) is 0 Å². The number of carbonyl (C=O) groups is 1. The number of nitrogens with one attached hydrogen (secondary N) is 1. The Morgan fingerprint density at radius 1 is 1.19 bits per heavy atom. The van der Waals surface area contributed by atoms with Gasteiger partial charge in [0.25, 0.3) is 0 Å². The van der Waals surface area contributed by atoms with E-state index >= 15 is 0 Å². The van der Waals surface area contributed by atoms with Gasteiger partial charge in [-0.3, -0.25) is 9.69 Å². The van der Waals surface area contributed by atoms with Crippen molar-refractivity contribution in [1.82, 2.24) is 9.80 Å². The molecule has 0 saturated carbocycles. The lowest BCUT2D eigenvalue weighted by Gasteiger charge is -2.32. The third-order valence-electron chi connectivity index (χ3n) is 4.30. The van der Waals surface area contributed by atoms with Crippen molar-refractivity contribution >= 4 is 11.6 Å². The number of para-hydroxylation sites is 1. The van der Waals surface area contributed by atoms with E-state index in [4.69, 9.17) is 4.74 Å². The average molecular weight is 289 g/mol. The molecule has 5 nitrogen and oxygen atoms in total. The summed E-state index contributed by atoms with van der Waals surface area (Å²) in [6.07, 6.45) is 1.08. The molecule has 21 heavy (non-hydrogen) atoms. The van der Waals surface area contributed by atoms with Crippen LogP contribution in [0.3, 0.4) is 0 Å². The van der Waals surface area contributed by atoms with Crippen LogP contribution in [0, 0.1) is 0 Å². The maximum Gasteiger partial charge on any atom is 0.241 e. The largest absolute Gasteiger partial charge is 0.379 e. The molecule has 0 bridgehead atoms. The van der Waals surface area contributed by atoms with E-state index in [0.717, 1.165) is 51.5 Å². The van der Waals surface area contributed by atoms with Gasteiger partial charge in [0.05, 0.1) is 19.8 Å². The summed E-state index contributed by atoms with van der Waals surface area (Å²) in [7, 11) is 0. The Balaban J connectivity index is 1.45. The lowest BCUT2D eigenvalue weighted by atomic mass is 10.2. The topological polar surface area (TPSA) is 44.8 Å². The smallest absolute Gasteiger partial charge is 0.241 e. The van der Waals surface area contributed by atoms with Crippen LogP contribution < -0.4 is 5.32 Å². The highest BCUT2D eigenvalue weighted by Gasteiger charge is 2.30. The second-order valence-electron chi connectivity index (χ2n) is 5.65. The standard InChI is InChI=1S/C16H23N3O2/c20-16(12-17-14-4-2-1-3-5-14)19-7-6-15(13-19)18-8-10-21-11-9-18/h1-5,15,17H,6-13H2. The normalized spacial score (nSPS) is 23.2. The fraction of sp³-hybridized carbons (Fsp3) is 0.562. The molecule has 3 rings (SSSR count). The van der Waals surface area contributed by atoms with Crippen molar-refractivity contribution in [3.05, 3.63) is 30.3 Å². The predicted molar refractivity (Wildman–Crippen MR) is 82.3 cm³/mol. The molecule has 0 aromatic heterocycles. The van der Waals surface area contributed by atoms with Crippen LogP contribution in [0.1, 0.15) is 6.42 Å². The summed E-state index contributed by atoms with van der Waals surface area (Å²) < 4.78 is 5.39. The fourth-order valence-corrected chi connectivity index (χ4v) is 3.05. The van der Waals surface area contributed by atoms with E-state index in [1.54, 1.807) is 0 Å². The summed E-state index contributed by atoms with van der Waals surface area (Å²) in [5, 5.41) is 3.19. The Morgan fingerprint density at radius 2 is 1.95 bits per heavy atom. The van der Waals surface area contributed by atoms with Gasteiger partial charge in [0, 0.05) is 37.9 Å². The SMILES string of the molecule is O=C(CNc1ccccc1)N1CCC(N2CCOCC2)C1. The summed E-state index contributed by atoms with van der Waals surface area (Å²) in [4.78, 5) is 16.7. The molecular weight excluding hydrogens is 266 g/mol. The lowest BCUT2D eigenvalue weighted by Crippen LogP contribution is -2.45. The van der Waals surface area contributed by atoms with Crippen LogP contribution in [0.5, 0.6) is 0 Å². The molecule has 1 aromatic rings. The van der Waals surface area contributed by atoms with Crippen molar-refractivity contribution in [1.29, 1.82) is 0 Å². The Kier molecular flexibility index (Phi) is 4.72. The van der Waals surface area contributed by atoms with Gasteiger partial charge in [-0.05, 0) is 18.6 Å². The number of nitrogens with zero attached hydrogens (tertiary/aromatic N) is 2. The van der Waals surface area contributed by atoms with Crippen molar-refractivity contribution in [2.45, 2.75) is 12.5 Å². The summed E-state index contributed by atoms with van der Waals surface area (Å²) in [6.45, 7) is 5.73. The highest BCUT2D eigenvalue weighted by Crippen LogP contribution is 2.17. The fourth-order valence-electron chi connectivity index (χ4n) is 3.05. The Bertz CT molecular complexity index is 460. The Hall–Kier alpha value is -1.59. The highest BCUT2D eigenvalue weighted by molar-refractivity contribution is 5.81. The average Bonchev–Trinajstić information content (AvgIpc) is 3.04. The molecule has 2 aliphatic rings. The van der Waals surface area contributed by atoms with Crippen LogP contribution in [-0.4, -0.2) is 67.7 Å². The zero-order chi connectivity index (χ0) is 14.5. The molecule has 2 aliphatic heterocycles. The van der Waals surface area contributed by atoms with Gasteiger partial charge in [0.2, 0.25) is 5.91 Å². The third kappa shape index (κ3) is 3.74. The highest BCUT2D eigenvalue weighted by atomic mass is 16.5. The number of anilines is 1. The molecule has 2 saturated heterocycles. The van der Waals surface area contributed by atoms with Gasteiger partial charge in [0.1, 0.15) is 0 Å². The molecule has 5 heteroatoms. The molecule has 1 N–H and O–H groups in total. The van der Waals surface area contributed by atoms with Crippen molar-refractivity contribution in [3.8, 4) is 0 Å². The number of amides is 1. The number of morpholine rings is 1. The van der Waals surface area contributed by atoms with Crippen molar-refractivity contribution in [2.75, 3.05) is 51.3 Å². The zero-order valence-electron chi connectivity index (χ0n) is 12.3. The van der Waals surface area contributed by atoms with E-state index in [-0.39, 0.29) is 5.91 Å². The first-order chi connectivity index (χ1) is 10.3. The number of hydrogen-bond acceptors (Lipinski definition) is 4. The monoisotopic (exact) mass is 289 g/mol. The summed E-state index contributed by atoms with van der Waals surface area (Å²) >= 11 is 0. The molecule has 0 aliphatic carbocycles. The number of likely N-dealkylation sites (tertiary alicyclic amines) is 1. The molecular formula is C16H23N3O2. The number of hydrogen-bond donors (Lipinski definition) is 1. The number of benzene rings is 1. The van der Waals surface area contributed by atoms with E-state index in [9.17, 15) is 4.79 Å². The first kappa shape index (κ1) is 14.4. The molecule has 2 fully saturated rings. The minimum atomic E-state index is 0.189. The second kappa shape index (κ2) is 6.91. The van der Waals surface area contributed by atoms with E-state index in [0.29, 0.717) is 12.6 Å². The van der Waals surface area contributed by atoms with Gasteiger partial charge in [0.15, 0.2) is 0 Å². The molecule has 0 spiro atoms. The molecule has 1 atom stereocenters. The van der Waals surface area contributed by atoms with Crippen molar-refractivity contribution in [2.24, 2.45) is 0 Å². The molecule has 1 amide bonds. The third-order valence-corrected chi connectivity index (χ3v) is 4.30. The molecule has 114 valence electrons. The van der Waals surface area contributed by atoms with Crippen LogP contribution in [0.15, 0.2) is 30.3 Å². The van der Waals surface area contributed by atoms with Gasteiger partial charge in [-0.1, -0.05) is 18.2 Å². The predicted octanol–water partition coefficient (Wildman–Crippen LogP) is 1.03. The minimum Gasteiger partial charge on any atom is -0.379 e. The van der Waals surface area contributed by atoms with Gasteiger partial charge in [-0.15, -0.1) is 0 Å². The van der Waals surface area contributed by atoms with Crippen LogP contribution in [0.25, 0.3) is 0 Å². The summed E-state index contributed by atoms with van der Waals surface area (Å²) in [5.74, 6) is 0.189. The van der Waals surface area contributed by atoms with Crippen LogP contribution in [-0.2, 0) is 9.53 Å². The Morgan fingerprint density at radius 3 is 2.71 bits per heavy atom. The summed E-state index contributed by atoms with van der Waals surface area (Å²) in [5.41, 5.74) is 0.995. The zero-order valence-corrected chi connectivity index (χ0v) is 12.3. The number of rotatable bonds is 4. The van der Waals surface area contributed by atoms with Crippen LogP contribution in [0.2, 0.25) is 0 Å². The number of ether oxygens (including phenoxy) is 1. The lowest BCUT2D eigenvalue weighted by molar-refractivity contribution is -0.128. The molecule has 0 radical (unpaired) electrons. The molecule has 1 unspecified atom stereocenters. The second-order valence-corrected chi connectivity index (χ2v) is 5.65. The van der Waals surface area contributed by atoms with Gasteiger partial charge in [-0.2, -0.15) is 0 Å². The summed E-state index contributed by atoms with van der Waals surface area (Å²) in [6, 6.07) is 10.4. The van der Waals surface area contributed by atoms with E-state index in [2.05, 4.69) is 10.2 Å². The van der Waals surface area contributed by atoms with Crippen LogP contribution >= 0.6 is 0 Å². The molecule has 2 heterocycles. The van der Waals surface area contributed by atoms with Crippen molar-refractivity contribution < 1.29 is 9.53 Å². The first-order valence-corrected chi connectivity index (χ1v) is 7.71. The Labute approximate surface area is 125 Å². The maximum absolute atomic E-state index is 12.3. The van der Waals surface area contributed by atoms with E-state index < -0.39 is 0 Å².